The second-order valence-electron chi connectivity index (χ2n) is 6.73. The fourth-order valence-corrected chi connectivity index (χ4v) is 4.06. The molecule has 24 heavy (non-hydrogen) atoms. The van der Waals surface area contributed by atoms with Gasteiger partial charge in [0.15, 0.2) is 0 Å². The number of carbonyl (C=O) groups is 1. The molecule has 2 aliphatic carbocycles. The van der Waals surface area contributed by atoms with Crippen LogP contribution >= 0.6 is 11.3 Å². The molecule has 1 unspecified atom stereocenters. The monoisotopic (exact) mass is 351 g/mol. The third kappa shape index (κ3) is 2.62. The maximum atomic E-state index is 12.6. The Morgan fingerprint density at radius 2 is 1.83 bits per heavy atom. The van der Waals surface area contributed by atoms with Crippen LogP contribution in [0.1, 0.15) is 36.2 Å². The Bertz CT molecular complexity index is 787. The van der Waals surface area contributed by atoms with E-state index >= 15 is 0 Å². The van der Waals surface area contributed by atoms with Gasteiger partial charge >= 0.3 is 6.18 Å². The van der Waals surface area contributed by atoms with Crippen LogP contribution in [0.4, 0.5) is 13.2 Å². The molecule has 2 saturated carbocycles. The highest BCUT2D eigenvalue weighted by Crippen LogP contribution is 2.75. The Labute approximate surface area is 141 Å². The molecular weight excluding hydrogens is 335 g/mol. The van der Waals surface area contributed by atoms with Crippen molar-refractivity contribution in [1.82, 2.24) is 5.32 Å². The molecule has 2 aliphatic rings. The van der Waals surface area contributed by atoms with E-state index in [1.807, 2.05) is 19.1 Å². The zero-order valence-electron chi connectivity index (χ0n) is 13.0. The first-order valence-corrected chi connectivity index (χ1v) is 8.69. The van der Waals surface area contributed by atoms with Crippen LogP contribution in [-0.2, 0) is 11.0 Å². The third-order valence-electron chi connectivity index (χ3n) is 5.03. The second kappa shape index (κ2) is 5.09. The molecule has 2 nitrogen and oxygen atoms in total. The number of alkyl halides is 3. The number of benzene rings is 1. The van der Waals surface area contributed by atoms with Gasteiger partial charge in [0.2, 0.25) is 5.91 Å². The van der Waals surface area contributed by atoms with Gasteiger partial charge in [-0.15, -0.1) is 11.3 Å². The molecule has 6 heteroatoms. The Kier molecular flexibility index (Phi) is 3.33. The zero-order valence-corrected chi connectivity index (χ0v) is 13.8. The van der Waals surface area contributed by atoms with Crippen LogP contribution in [0.5, 0.6) is 0 Å². The first-order chi connectivity index (χ1) is 11.3. The van der Waals surface area contributed by atoms with Gasteiger partial charge in [-0.3, -0.25) is 4.79 Å². The minimum Gasteiger partial charge on any atom is -0.348 e. The molecule has 1 heterocycles. The van der Waals surface area contributed by atoms with Crippen LogP contribution in [0.3, 0.4) is 0 Å². The maximum Gasteiger partial charge on any atom is 0.416 e. The number of amides is 1. The lowest BCUT2D eigenvalue weighted by Gasteiger charge is -2.13. The summed E-state index contributed by atoms with van der Waals surface area (Å²) in [6, 6.07) is 8.90. The lowest BCUT2D eigenvalue weighted by atomic mass is 10.1. The summed E-state index contributed by atoms with van der Waals surface area (Å²) >= 11 is 1.50. The lowest BCUT2D eigenvalue weighted by Crippen LogP contribution is -2.30. The van der Waals surface area contributed by atoms with E-state index in [1.165, 1.54) is 23.5 Å². The summed E-state index contributed by atoms with van der Waals surface area (Å²) in [5.74, 6) is 0.750. The standard InChI is InChI=1S/C18H16F3NOS/c1-10(22-16(23)17-8-13(17)9-17)14-6-7-15(24-14)11-2-4-12(5-3-11)18(19,20)21/h2-7,10,13H,8-9H2,1H3,(H,22,23). The van der Waals surface area contributed by atoms with Crippen LogP contribution < -0.4 is 5.32 Å². The van der Waals surface area contributed by atoms with Crippen molar-refractivity contribution in [2.24, 2.45) is 11.3 Å². The molecular formula is C18H16F3NOS. The van der Waals surface area contributed by atoms with Crippen molar-refractivity contribution in [3.63, 3.8) is 0 Å². The summed E-state index contributed by atoms with van der Waals surface area (Å²) in [4.78, 5) is 14.1. The van der Waals surface area contributed by atoms with Gasteiger partial charge in [0.1, 0.15) is 0 Å². The summed E-state index contributed by atoms with van der Waals surface area (Å²) in [7, 11) is 0. The second-order valence-corrected chi connectivity index (χ2v) is 7.85. The largest absolute Gasteiger partial charge is 0.416 e. The average molecular weight is 351 g/mol. The van der Waals surface area contributed by atoms with E-state index in [2.05, 4.69) is 5.32 Å². The molecule has 0 aliphatic heterocycles. The Hall–Kier alpha value is -1.82. The molecule has 0 bridgehead atoms. The normalized spacial score (nSPS) is 25.8. The number of halogens is 3. The number of hydrogen-bond acceptors (Lipinski definition) is 2. The highest BCUT2D eigenvalue weighted by atomic mass is 32.1. The predicted octanol–water partition coefficient (Wildman–Crippen LogP) is 5.02. The van der Waals surface area contributed by atoms with E-state index in [0.717, 1.165) is 40.3 Å². The smallest absolute Gasteiger partial charge is 0.348 e. The average Bonchev–Trinajstić information content (AvgIpc) is 3.33. The molecule has 0 radical (unpaired) electrons. The van der Waals surface area contributed by atoms with Gasteiger partial charge in [-0.25, -0.2) is 0 Å². The third-order valence-corrected chi connectivity index (χ3v) is 6.35. The number of fused-ring (bicyclic) bond motifs is 1. The van der Waals surface area contributed by atoms with Gasteiger partial charge < -0.3 is 5.32 Å². The van der Waals surface area contributed by atoms with Crippen LogP contribution in [0.15, 0.2) is 36.4 Å². The van der Waals surface area contributed by atoms with Gasteiger partial charge in [0, 0.05) is 9.75 Å². The Balaban J connectivity index is 1.46. The topological polar surface area (TPSA) is 29.1 Å². The molecule has 1 aromatic heterocycles. The van der Waals surface area contributed by atoms with Gasteiger partial charge in [-0.05, 0) is 55.5 Å². The molecule has 1 amide bonds. The first kappa shape index (κ1) is 15.7. The lowest BCUT2D eigenvalue weighted by molar-refractivity contribution is -0.137. The number of rotatable bonds is 4. The van der Waals surface area contributed by atoms with Crippen molar-refractivity contribution in [1.29, 1.82) is 0 Å². The van der Waals surface area contributed by atoms with E-state index in [0.29, 0.717) is 5.92 Å². The van der Waals surface area contributed by atoms with Crippen molar-refractivity contribution < 1.29 is 18.0 Å². The molecule has 126 valence electrons. The van der Waals surface area contributed by atoms with Crippen molar-refractivity contribution >= 4 is 17.2 Å². The van der Waals surface area contributed by atoms with Crippen molar-refractivity contribution in [2.75, 3.05) is 0 Å². The molecule has 0 spiro atoms. The minimum absolute atomic E-state index is 0.0538. The summed E-state index contributed by atoms with van der Waals surface area (Å²) in [5, 5.41) is 3.06. The van der Waals surface area contributed by atoms with Gasteiger partial charge in [-0.1, -0.05) is 12.1 Å². The first-order valence-electron chi connectivity index (χ1n) is 7.88. The van der Waals surface area contributed by atoms with E-state index < -0.39 is 11.7 Å². The molecule has 4 rings (SSSR count). The maximum absolute atomic E-state index is 12.6. The van der Waals surface area contributed by atoms with E-state index in [1.54, 1.807) is 0 Å². The SMILES string of the molecule is CC(NC(=O)C12CC1C2)c1ccc(-c2ccc(C(F)(F)F)cc2)s1. The van der Waals surface area contributed by atoms with Crippen LogP contribution in [0, 0.1) is 11.3 Å². The summed E-state index contributed by atoms with van der Waals surface area (Å²) < 4.78 is 37.9. The summed E-state index contributed by atoms with van der Waals surface area (Å²) in [5.41, 5.74) is 0.0501. The summed E-state index contributed by atoms with van der Waals surface area (Å²) in [6.45, 7) is 1.94. The van der Waals surface area contributed by atoms with Gasteiger partial charge in [-0.2, -0.15) is 13.2 Å². The fourth-order valence-electron chi connectivity index (χ4n) is 3.05. The minimum atomic E-state index is -4.32. The van der Waals surface area contributed by atoms with E-state index in [-0.39, 0.29) is 17.4 Å². The molecule has 2 aromatic rings. The van der Waals surface area contributed by atoms with Gasteiger partial charge in [0.25, 0.3) is 0 Å². The van der Waals surface area contributed by atoms with Crippen molar-refractivity contribution in [2.45, 2.75) is 32.0 Å². The van der Waals surface area contributed by atoms with Crippen LogP contribution in [0.25, 0.3) is 10.4 Å². The fraction of sp³-hybridized carbons (Fsp3) is 0.389. The van der Waals surface area contributed by atoms with E-state index in [9.17, 15) is 18.0 Å². The molecule has 1 aromatic carbocycles. The predicted molar refractivity (Wildman–Crippen MR) is 86.5 cm³/mol. The molecule has 0 saturated heterocycles. The number of thiophene rings is 1. The molecule has 1 N–H and O–H groups in total. The zero-order chi connectivity index (χ0) is 17.1. The quantitative estimate of drug-likeness (QED) is 0.823. The van der Waals surface area contributed by atoms with E-state index in [4.69, 9.17) is 0 Å². The Morgan fingerprint density at radius 1 is 1.21 bits per heavy atom. The molecule has 1 atom stereocenters. The van der Waals surface area contributed by atoms with Crippen LogP contribution in [0.2, 0.25) is 0 Å². The summed E-state index contributed by atoms with van der Waals surface area (Å²) in [6.07, 6.45) is -2.28. The van der Waals surface area contributed by atoms with Crippen molar-refractivity contribution in [3.8, 4) is 10.4 Å². The number of hydrogen-bond donors (Lipinski definition) is 1. The van der Waals surface area contributed by atoms with Gasteiger partial charge in [0.05, 0.1) is 17.0 Å². The molecule has 2 fully saturated rings. The highest BCUT2D eigenvalue weighted by molar-refractivity contribution is 7.15. The van der Waals surface area contributed by atoms with Crippen LogP contribution in [-0.4, -0.2) is 5.91 Å². The highest BCUT2D eigenvalue weighted by Gasteiger charge is 2.74. The van der Waals surface area contributed by atoms with Crippen molar-refractivity contribution in [3.05, 3.63) is 46.8 Å². The Morgan fingerprint density at radius 3 is 2.38 bits per heavy atom. The number of carbonyl (C=O) groups excluding carboxylic acids is 1. The number of nitrogens with one attached hydrogen (secondary N) is 1.